The first-order valence-electron chi connectivity index (χ1n) is 5.17. The molecule has 0 radical (unpaired) electrons. The molecule has 1 N–H and O–H groups in total. The number of rotatable bonds is 4. The fourth-order valence-corrected chi connectivity index (χ4v) is 1.55. The van der Waals surface area contributed by atoms with Crippen molar-refractivity contribution in [2.45, 2.75) is 6.42 Å². The van der Waals surface area contributed by atoms with Crippen LogP contribution in [0.3, 0.4) is 0 Å². The first-order valence-corrected chi connectivity index (χ1v) is 5.17. The monoisotopic (exact) mass is 201 g/mol. The van der Waals surface area contributed by atoms with Crippen LogP contribution in [-0.2, 0) is 6.42 Å². The van der Waals surface area contributed by atoms with E-state index < -0.39 is 0 Å². The Labute approximate surface area is 89.9 Å². The normalized spacial score (nSPS) is 10.5. The molecule has 2 heteroatoms. The van der Waals surface area contributed by atoms with Crippen LogP contribution < -0.4 is 5.32 Å². The van der Waals surface area contributed by atoms with Gasteiger partial charge in [-0.25, -0.2) is 0 Å². The standard InChI is InChI=1S/C13H15NO/c1-14-9-8-11-4-6-12(7-5-11)13-3-2-10-15-13/h2-7,10,14H,8-9H2,1H3. The van der Waals surface area contributed by atoms with E-state index in [9.17, 15) is 0 Å². The Bertz CT molecular complexity index is 389. The van der Waals surface area contributed by atoms with Crippen LogP contribution in [0.1, 0.15) is 5.56 Å². The lowest BCUT2D eigenvalue weighted by molar-refractivity contribution is 0.582. The van der Waals surface area contributed by atoms with Gasteiger partial charge < -0.3 is 9.73 Å². The summed E-state index contributed by atoms with van der Waals surface area (Å²) in [6, 6.07) is 12.4. The van der Waals surface area contributed by atoms with Gasteiger partial charge in [-0.2, -0.15) is 0 Å². The molecule has 0 aliphatic rings. The van der Waals surface area contributed by atoms with Gasteiger partial charge in [-0.3, -0.25) is 0 Å². The minimum absolute atomic E-state index is 0.926. The van der Waals surface area contributed by atoms with E-state index in [0.717, 1.165) is 24.3 Å². The third kappa shape index (κ3) is 2.48. The lowest BCUT2D eigenvalue weighted by atomic mass is 10.1. The van der Waals surface area contributed by atoms with E-state index in [1.165, 1.54) is 5.56 Å². The number of nitrogens with one attached hydrogen (secondary N) is 1. The summed E-state index contributed by atoms with van der Waals surface area (Å²) in [7, 11) is 1.97. The van der Waals surface area contributed by atoms with E-state index in [2.05, 4.69) is 29.6 Å². The zero-order valence-corrected chi connectivity index (χ0v) is 8.86. The third-order valence-corrected chi connectivity index (χ3v) is 2.42. The van der Waals surface area contributed by atoms with Gasteiger partial charge in [-0.15, -0.1) is 0 Å². The maximum Gasteiger partial charge on any atom is 0.133 e. The van der Waals surface area contributed by atoms with E-state index in [1.54, 1.807) is 6.26 Å². The highest BCUT2D eigenvalue weighted by molar-refractivity contribution is 5.57. The van der Waals surface area contributed by atoms with Gasteiger partial charge in [-0.1, -0.05) is 24.3 Å². The second-order valence-corrected chi connectivity index (χ2v) is 3.53. The van der Waals surface area contributed by atoms with Gasteiger partial charge >= 0.3 is 0 Å². The van der Waals surface area contributed by atoms with Gasteiger partial charge in [0.1, 0.15) is 5.76 Å². The minimum Gasteiger partial charge on any atom is -0.464 e. The van der Waals surface area contributed by atoms with Gasteiger partial charge in [-0.05, 0) is 37.7 Å². The molecule has 0 spiro atoms. The van der Waals surface area contributed by atoms with E-state index in [1.807, 2.05) is 19.2 Å². The van der Waals surface area contributed by atoms with Crippen molar-refractivity contribution < 1.29 is 4.42 Å². The van der Waals surface area contributed by atoms with Crippen LogP contribution in [0.5, 0.6) is 0 Å². The van der Waals surface area contributed by atoms with Gasteiger partial charge in [0.2, 0.25) is 0 Å². The first-order chi connectivity index (χ1) is 7.40. The lowest BCUT2D eigenvalue weighted by Crippen LogP contribution is -2.10. The molecule has 2 aromatic rings. The van der Waals surface area contributed by atoms with Crippen molar-refractivity contribution in [3.05, 3.63) is 48.2 Å². The molecule has 1 heterocycles. The summed E-state index contributed by atoms with van der Waals surface area (Å²) in [6.45, 7) is 1.01. The molecule has 0 atom stereocenters. The van der Waals surface area contributed by atoms with E-state index in [0.29, 0.717) is 0 Å². The minimum atomic E-state index is 0.926. The Hall–Kier alpha value is -1.54. The van der Waals surface area contributed by atoms with Crippen molar-refractivity contribution in [3.8, 4) is 11.3 Å². The largest absolute Gasteiger partial charge is 0.464 e. The number of hydrogen-bond donors (Lipinski definition) is 1. The summed E-state index contributed by atoms with van der Waals surface area (Å²) in [4.78, 5) is 0. The maximum absolute atomic E-state index is 5.33. The van der Waals surface area contributed by atoms with Crippen LogP contribution >= 0.6 is 0 Å². The molecule has 15 heavy (non-hydrogen) atoms. The van der Waals surface area contributed by atoms with Crippen LogP contribution in [0.4, 0.5) is 0 Å². The van der Waals surface area contributed by atoms with Crippen LogP contribution in [-0.4, -0.2) is 13.6 Å². The molecule has 0 aliphatic heterocycles. The highest BCUT2D eigenvalue weighted by Gasteiger charge is 1.99. The third-order valence-electron chi connectivity index (χ3n) is 2.42. The van der Waals surface area contributed by atoms with Gasteiger partial charge in [0.05, 0.1) is 6.26 Å². The maximum atomic E-state index is 5.33. The van der Waals surface area contributed by atoms with Crippen LogP contribution in [0.25, 0.3) is 11.3 Å². The Morgan fingerprint density at radius 3 is 2.53 bits per heavy atom. The van der Waals surface area contributed by atoms with E-state index >= 15 is 0 Å². The van der Waals surface area contributed by atoms with Crippen LogP contribution in [0.15, 0.2) is 47.1 Å². The van der Waals surface area contributed by atoms with Crippen LogP contribution in [0, 0.1) is 0 Å². The summed E-state index contributed by atoms with van der Waals surface area (Å²) in [5.74, 6) is 0.926. The van der Waals surface area contributed by atoms with E-state index in [-0.39, 0.29) is 0 Å². The van der Waals surface area contributed by atoms with Gasteiger partial charge in [0, 0.05) is 5.56 Å². The Kier molecular flexibility index (Phi) is 3.20. The summed E-state index contributed by atoms with van der Waals surface area (Å²) >= 11 is 0. The highest BCUT2D eigenvalue weighted by atomic mass is 16.3. The molecule has 0 saturated heterocycles. The molecule has 1 aromatic carbocycles. The second-order valence-electron chi connectivity index (χ2n) is 3.53. The topological polar surface area (TPSA) is 25.2 Å². The highest BCUT2D eigenvalue weighted by Crippen LogP contribution is 2.19. The molecule has 0 unspecified atom stereocenters. The van der Waals surface area contributed by atoms with Crippen molar-refractivity contribution in [1.82, 2.24) is 5.32 Å². The van der Waals surface area contributed by atoms with Crippen molar-refractivity contribution in [1.29, 1.82) is 0 Å². The average Bonchev–Trinajstić information content (AvgIpc) is 2.80. The summed E-state index contributed by atoms with van der Waals surface area (Å²) in [6.07, 6.45) is 2.76. The molecule has 0 saturated carbocycles. The number of hydrogen-bond acceptors (Lipinski definition) is 2. The predicted octanol–water partition coefficient (Wildman–Crippen LogP) is 2.71. The van der Waals surface area contributed by atoms with E-state index in [4.69, 9.17) is 4.42 Å². The van der Waals surface area contributed by atoms with Crippen LogP contribution in [0.2, 0.25) is 0 Å². The van der Waals surface area contributed by atoms with Crippen molar-refractivity contribution in [3.63, 3.8) is 0 Å². The molecule has 2 rings (SSSR count). The fourth-order valence-electron chi connectivity index (χ4n) is 1.55. The second kappa shape index (κ2) is 4.80. The smallest absolute Gasteiger partial charge is 0.133 e. The first kappa shape index (κ1) is 9.99. The summed E-state index contributed by atoms with van der Waals surface area (Å²) in [5.41, 5.74) is 2.48. The molecule has 0 amide bonds. The Morgan fingerprint density at radius 2 is 1.93 bits per heavy atom. The fraction of sp³-hybridized carbons (Fsp3) is 0.231. The molecule has 78 valence electrons. The molecular formula is C13H15NO. The van der Waals surface area contributed by atoms with Crippen molar-refractivity contribution >= 4 is 0 Å². The predicted molar refractivity (Wildman–Crippen MR) is 61.8 cm³/mol. The zero-order valence-electron chi connectivity index (χ0n) is 8.86. The lowest BCUT2D eigenvalue weighted by Gasteiger charge is -2.01. The van der Waals surface area contributed by atoms with Crippen molar-refractivity contribution in [2.75, 3.05) is 13.6 Å². The van der Waals surface area contributed by atoms with Gasteiger partial charge in [0.25, 0.3) is 0 Å². The van der Waals surface area contributed by atoms with Crippen molar-refractivity contribution in [2.24, 2.45) is 0 Å². The average molecular weight is 201 g/mol. The Morgan fingerprint density at radius 1 is 1.13 bits per heavy atom. The molecule has 0 aliphatic carbocycles. The molecule has 2 nitrogen and oxygen atoms in total. The molecule has 1 aromatic heterocycles. The quantitative estimate of drug-likeness (QED) is 0.822. The molecular weight excluding hydrogens is 186 g/mol. The number of likely N-dealkylation sites (N-methyl/N-ethyl adjacent to an activating group) is 1. The number of benzene rings is 1. The zero-order chi connectivity index (χ0) is 10.5. The molecule has 0 bridgehead atoms. The Balaban J connectivity index is 2.11. The summed E-state index contributed by atoms with van der Waals surface area (Å²) in [5, 5.41) is 3.14. The SMILES string of the molecule is CNCCc1ccc(-c2ccco2)cc1. The van der Waals surface area contributed by atoms with Gasteiger partial charge in [0.15, 0.2) is 0 Å². The summed E-state index contributed by atoms with van der Waals surface area (Å²) < 4.78 is 5.33. The number of furan rings is 1. The molecule has 0 fully saturated rings.